The highest BCUT2D eigenvalue weighted by Crippen LogP contribution is 2.45. The molecule has 6 N–H and O–H groups in total. The Morgan fingerprint density at radius 1 is 1.25 bits per heavy atom. The van der Waals surface area contributed by atoms with E-state index in [-0.39, 0.29) is 12.2 Å². The van der Waals surface area contributed by atoms with E-state index < -0.39 is 67.4 Å². The zero-order valence-electron chi connectivity index (χ0n) is 16.1. The number of hydrogen-bond acceptors (Lipinski definition) is 10. The van der Waals surface area contributed by atoms with Crippen LogP contribution < -0.4 is 15.9 Å². The molecule has 1 unspecified atom stereocenters. The molecule has 3 rings (SSSR count). The van der Waals surface area contributed by atoms with Gasteiger partial charge in [-0.25, -0.2) is 18.9 Å². The number of benzene rings is 1. The fraction of sp³-hybridized carbons (Fsp3) is 0.294. The smallest absolute Gasteiger partial charge is 0.478 e. The van der Waals surface area contributed by atoms with Crippen LogP contribution in [0.4, 0.5) is 5.82 Å². The summed E-state index contributed by atoms with van der Waals surface area (Å²) >= 11 is 0. The molecule has 15 heteroatoms. The SMILES string of the molecule is Nc1ccn([C@H]2C[C@H](O)[C@@H](COP(=O)(O)Oc3cc(C(=O)O)cc(C(=O)O)c3)O2)c(=O)n1. The second kappa shape index (κ2) is 9.06. The molecular formula is C17H18N3O11P. The van der Waals surface area contributed by atoms with Crippen LogP contribution in [0.3, 0.4) is 0 Å². The van der Waals surface area contributed by atoms with Crippen LogP contribution in [0.5, 0.6) is 5.75 Å². The minimum absolute atomic E-state index is 0.000990. The summed E-state index contributed by atoms with van der Waals surface area (Å²) in [7, 11) is -4.88. The molecule has 1 aromatic heterocycles. The van der Waals surface area contributed by atoms with Crippen molar-refractivity contribution in [2.24, 2.45) is 0 Å². The maximum atomic E-state index is 12.3. The van der Waals surface area contributed by atoms with Gasteiger partial charge in [-0.3, -0.25) is 14.0 Å². The van der Waals surface area contributed by atoms with Crippen LogP contribution in [0.1, 0.15) is 33.4 Å². The summed E-state index contributed by atoms with van der Waals surface area (Å²) in [5.41, 5.74) is 3.73. The lowest BCUT2D eigenvalue weighted by molar-refractivity contribution is -0.0446. The Morgan fingerprint density at radius 3 is 2.44 bits per heavy atom. The molecule has 1 aliphatic rings. The Morgan fingerprint density at radius 2 is 1.88 bits per heavy atom. The van der Waals surface area contributed by atoms with E-state index in [1.54, 1.807) is 0 Å². The molecule has 172 valence electrons. The standard InChI is InChI=1S/C17H18N3O11P/c18-13-1-2-20(17(26)19-13)14-6-11(21)12(30-14)7-29-32(27,28)31-10-4-8(15(22)23)3-9(5-10)16(24)25/h1-5,11-12,14,21H,6-7H2,(H,22,23)(H,24,25)(H,27,28)(H2,18,19,26)/t11-,12+,14+/m0/s1. The summed E-state index contributed by atoms with van der Waals surface area (Å²) in [6.45, 7) is -0.632. The normalized spacial score (nSPS) is 22.2. The number of nitrogen functional groups attached to an aromatic ring is 1. The van der Waals surface area contributed by atoms with Gasteiger partial charge in [-0.05, 0) is 24.3 Å². The van der Waals surface area contributed by atoms with Gasteiger partial charge >= 0.3 is 25.5 Å². The zero-order chi connectivity index (χ0) is 23.6. The fourth-order valence-electron chi connectivity index (χ4n) is 2.91. The number of hydrogen-bond donors (Lipinski definition) is 5. The molecule has 2 aromatic rings. The Balaban J connectivity index is 1.67. The van der Waals surface area contributed by atoms with E-state index in [1.165, 1.54) is 12.3 Å². The average molecular weight is 471 g/mol. The van der Waals surface area contributed by atoms with Gasteiger partial charge in [0.25, 0.3) is 0 Å². The van der Waals surface area contributed by atoms with Crippen molar-refractivity contribution in [1.82, 2.24) is 9.55 Å². The monoisotopic (exact) mass is 471 g/mol. The lowest BCUT2D eigenvalue weighted by Crippen LogP contribution is -2.28. The number of phosphoric ester groups is 1. The van der Waals surface area contributed by atoms with Gasteiger partial charge < -0.3 is 30.3 Å². The van der Waals surface area contributed by atoms with Gasteiger partial charge in [0.15, 0.2) is 0 Å². The van der Waals surface area contributed by atoms with E-state index in [2.05, 4.69) is 4.98 Å². The van der Waals surface area contributed by atoms with Crippen LogP contribution in [0.2, 0.25) is 0 Å². The number of carboxylic acids is 2. The molecule has 2 heterocycles. The van der Waals surface area contributed by atoms with E-state index >= 15 is 0 Å². The van der Waals surface area contributed by atoms with Crippen molar-refractivity contribution in [2.45, 2.75) is 24.9 Å². The molecule has 32 heavy (non-hydrogen) atoms. The van der Waals surface area contributed by atoms with E-state index in [9.17, 15) is 28.9 Å². The number of carboxylic acid groups (broad SMARTS) is 2. The number of ether oxygens (including phenoxy) is 1. The number of aliphatic hydroxyl groups excluding tert-OH is 1. The maximum absolute atomic E-state index is 12.3. The van der Waals surface area contributed by atoms with Crippen molar-refractivity contribution < 1.29 is 48.2 Å². The minimum atomic E-state index is -4.88. The highest BCUT2D eigenvalue weighted by Gasteiger charge is 2.38. The number of aromatic nitrogens is 2. The molecule has 0 saturated carbocycles. The molecule has 0 amide bonds. The van der Waals surface area contributed by atoms with Gasteiger partial charge in [-0.15, -0.1) is 0 Å². The van der Waals surface area contributed by atoms with Crippen LogP contribution >= 0.6 is 7.82 Å². The molecule has 0 spiro atoms. The molecule has 4 atom stereocenters. The van der Waals surface area contributed by atoms with Crippen molar-refractivity contribution in [3.8, 4) is 5.75 Å². The summed E-state index contributed by atoms with van der Waals surface area (Å²) in [5.74, 6) is -3.49. The third-order valence-electron chi connectivity index (χ3n) is 4.39. The minimum Gasteiger partial charge on any atom is -0.478 e. The van der Waals surface area contributed by atoms with Gasteiger partial charge in [0, 0.05) is 12.6 Å². The van der Waals surface area contributed by atoms with Gasteiger partial charge in [0.1, 0.15) is 23.9 Å². The molecular weight excluding hydrogens is 453 g/mol. The highest BCUT2D eigenvalue weighted by molar-refractivity contribution is 7.47. The van der Waals surface area contributed by atoms with Gasteiger partial charge in [-0.2, -0.15) is 4.98 Å². The summed E-state index contributed by atoms with van der Waals surface area (Å²) in [4.78, 5) is 47.6. The van der Waals surface area contributed by atoms with E-state index in [0.29, 0.717) is 0 Å². The summed E-state index contributed by atoms with van der Waals surface area (Å²) in [6.07, 6.45) is -1.94. The Labute approximate surface area is 179 Å². The number of aliphatic hydroxyl groups is 1. The molecule has 0 radical (unpaired) electrons. The van der Waals surface area contributed by atoms with Crippen LogP contribution in [-0.4, -0.2) is 60.5 Å². The average Bonchev–Trinajstić information content (AvgIpc) is 3.06. The summed E-state index contributed by atoms with van der Waals surface area (Å²) < 4.78 is 28.4. The first-order valence-electron chi connectivity index (χ1n) is 8.92. The van der Waals surface area contributed by atoms with Crippen molar-refractivity contribution >= 4 is 25.6 Å². The molecule has 14 nitrogen and oxygen atoms in total. The number of phosphoric acid groups is 1. The number of nitrogens with two attached hydrogens (primary N) is 1. The highest BCUT2D eigenvalue weighted by atomic mass is 31.2. The van der Waals surface area contributed by atoms with Gasteiger partial charge in [-0.1, -0.05) is 0 Å². The topological polar surface area (TPSA) is 221 Å². The fourth-order valence-corrected chi connectivity index (χ4v) is 3.67. The first-order valence-corrected chi connectivity index (χ1v) is 10.4. The van der Waals surface area contributed by atoms with E-state index in [0.717, 1.165) is 22.8 Å². The third kappa shape index (κ3) is 5.49. The molecule has 1 aliphatic heterocycles. The second-order valence-corrected chi connectivity index (χ2v) is 8.06. The Kier molecular flexibility index (Phi) is 6.62. The predicted octanol–water partition coefficient (Wildman–Crippen LogP) is 0.0663. The molecule has 1 aromatic carbocycles. The van der Waals surface area contributed by atoms with E-state index in [1.807, 2.05) is 0 Å². The van der Waals surface area contributed by atoms with Crippen molar-refractivity contribution in [3.63, 3.8) is 0 Å². The van der Waals surface area contributed by atoms with Crippen molar-refractivity contribution in [3.05, 3.63) is 52.1 Å². The second-order valence-electron chi connectivity index (χ2n) is 6.69. The first kappa shape index (κ1) is 23.4. The number of nitrogens with zero attached hydrogens (tertiary/aromatic N) is 2. The first-order chi connectivity index (χ1) is 14.9. The maximum Gasteiger partial charge on any atom is 0.527 e. The number of aromatic carboxylic acids is 2. The van der Waals surface area contributed by atoms with Crippen molar-refractivity contribution in [1.29, 1.82) is 0 Å². The zero-order valence-corrected chi connectivity index (χ0v) is 17.0. The predicted molar refractivity (Wildman–Crippen MR) is 104 cm³/mol. The van der Waals surface area contributed by atoms with Crippen LogP contribution in [0, 0.1) is 0 Å². The number of carbonyl (C=O) groups is 2. The van der Waals surface area contributed by atoms with E-state index in [4.69, 9.17) is 29.7 Å². The third-order valence-corrected chi connectivity index (χ3v) is 5.31. The molecule has 0 bridgehead atoms. The van der Waals surface area contributed by atoms with Crippen LogP contribution in [-0.2, 0) is 13.8 Å². The lowest BCUT2D eigenvalue weighted by Gasteiger charge is -2.18. The Hall–Kier alpha value is -3.29. The lowest BCUT2D eigenvalue weighted by atomic mass is 10.1. The number of rotatable bonds is 8. The van der Waals surface area contributed by atoms with Crippen molar-refractivity contribution in [2.75, 3.05) is 12.3 Å². The summed E-state index contributed by atoms with van der Waals surface area (Å²) in [6, 6.07) is 3.89. The van der Waals surface area contributed by atoms with Crippen LogP contribution in [0.25, 0.3) is 0 Å². The van der Waals surface area contributed by atoms with Crippen LogP contribution in [0.15, 0.2) is 35.3 Å². The van der Waals surface area contributed by atoms with Gasteiger partial charge in [0.05, 0.1) is 23.8 Å². The molecule has 0 aliphatic carbocycles. The molecule has 1 fully saturated rings. The number of anilines is 1. The largest absolute Gasteiger partial charge is 0.527 e. The summed E-state index contributed by atoms with van der Waals surface area (Å²) in [5, 5.41) is 28.2. The molecule has 1 saturated heterocycles. The quantitative estimate of drug-likeness (QED) is 0.322. The Bertz CT molecular complexity index is 1120. The van der Waals surface area contributed by atoms with Gasteiger partial charge in [0.2, 0.25) is 0 Å².